The summed E-state index contributed by atoms with van der Waals surface area (Å²) in [4.78, 5) is 0. The molecule has 1 aliphatic heterocycles. The molecule has 1 rings (SSSR count). The van der Waals surface area contributed by atoms with Crippen molar-refractivity contribution in [3.63, 3.8) is 0 Å². The highest BCUT2D eigenvalue weighted by molar-refractivity contribution is 7.85. The Bertz CT molecular complexity index is 187. The molecule has 0 aromatic rings. The minimum atomic E-state index is -0.734. The summed E-state index contributed by atoms with van der Waals surface area (Å²) in [5.74, 6) is 0.734. The smallest absolute Gasteiger partial charge is 0.0735 e. The Morgan fingerprint density at radius 3 is 2.93 bits per heavy atom. The maximum absolute atomic E-state index is 11.7. The van der Waals surface area contributed by atoms with E-state index in [1.165, 1.54) is 0 Å². The van der Waals surface area contributed by atoms with E-state index in [9.17, 15) is 4.21 Å². The Morgan fingerprint density at radius 2 is 2.29 bits per heavy atom. The molecule has 0 radical (unpaired) electrons. The van der Waals surface area contributed by atoms with Crippen LogP contribution in [0.15, 0.2) is 0 Å². The van der Waals surface area contributed by atoms with E-state index in [4.69, 9.17) is 4.74 Å². The van der Waals surface area contributed by atoms with Crippen LogP contribution >= 0.6 is 0 Å². The Morgan fingerprint density at radius 1 is 1.50 bits per heavy atom. The van der Waals surface area contributed by atoms with Gasteiger partial charge in [0.15, 0.2) is 0 Å². The van der Waals surface area contributed by atoms with Gasteiger partial charge in [0.2, 0.25) is 0 Å². The maximum Gasteiger partial charge on any atom is 0.0735 e. The summed E-state index contributed by atoms with van der Waals surface area (Å²) in [6.07, 6.45) is 2.12. The molecule has 14 heavy (non-hydrogen) atoms. The van der Waals surface area contributed by atoms with Crippen LogP contribution in [-0.4, -0.2) is 41.0 Å². The maximum atomic E-state index is 11.7. The first-order valence-electron chi connectivity index (χ1n) is 5.47. The molecular weight excluding hydrogens is 198 g/mol. The zero-order valence-corrected chi connectivity index (χ0v) is 9.94. The van der Waals surface area contributed by atoms with E-state index in [1.54, 1.807) is 0 Å². The fraction of sp³-hybridized carbons (Fsp3) is 1.00. The third-order valence-corrected chi connectivity index (χ3v) is 4.29. The van der Waals surface area contributed by atoms with Crippen molar-refractivity contribution in [2.75, 3.05) is 25.5 Å². The normalized spacial score (nSPS) is 30.1. The largest absolute Gasteiger partial charge is 0.380 e. The van der Waals surface area contributed by atoms with Gasteiger partial charge in [0.05, 0.1) is 11.9 Å². The van der Waals surface area contributed by atoms with Crippen LogP contribution in [-0.2, 0) is 15.5 Å². The number of hydrogen-bond acceptors (Lipinski definition) is 3. The number of nitrogens with one attached hydrogen (secondary N) is 1. The van der Waals surface area contributed by atoms with Crippen LogP contribution in [0.25, 0.3) is 0 Å². The molecule has 3 nitrogen and oxygen atoms in total. The quantitative estimate of drug-likeness (QED) is 0.747. The molecule has 3 unspecified atom stereocenters. The summed E-state index contributed by atoms with van der Waals surface area (Å²) < 4.78 is 17.1. The van der Waals surface area contributed by atoms with Gasteiger partial charge >= 0.3 is 0 Å². The van der Waals surface area contributed by atoms with E-state index in [0.29, 0.717) is 12.6 Å². The molecule has 1 fully saturated rings. The van der Waals surface area contributed by atoms with Gasteiger partial charge in [0.1, 0.15) is 0 Å². The molecule has 4 heteroatoms. The zero-order valence-electron chi connectivity index (χ0n) is 9.12. The third kappa shape index (κ3) is 3.33. The molecular formula is C10H21NO2S. The molecule has 3 atom stereocenters. The molecule has 0 aromatic carbocycles. The fourth-order valence-electron chi connectivity index (χ4n) is 1.75. The number of hydrogen-bond donors (Lipinski definition) is 1. The molecule has 1 aliphatic rings. The van der Waals surface area contributed by atoms with Gasteiger partial charge in [-0.3, -0.25) is 4.21 Å². The SMILES string of the molecule is CCCNC1CCOCC1S(=O)CC. The fourth-order valence-corrected chi connectivity index (χ4v) is 3.02. The number of ether oxygens (including phenoxy) is 1. The summed E-state index contributed by atoms with van der Waals surface area (Å²) in [5, 5.41) is 3.66. The van der Waals surface area contributed by atoms with Gasteiger partial charge in [-0.25, -0.2) is 0 Å². The van der Waals surface area contributed by atoms with Gasteiger partial charge < -0.3 is 10.1 Å². The predicted octanol–water partition coefficient (Wildman–Crippen LogP) is 0.912. The first kappa shape index (κ1) is 12.1. The van der Waals surface area contributed by atoms with Gasteiger partial charge in [-0.15, -0.1) is 0 Å². The van der Waals surface area contributed by atoms with E-state index in [2.05, 4.69) is 12.2 Å². The second kappa shape index (κ2) is 6.53. The van der Waals surface area contributed by atoms with Crippen molar-refractivity contribution in [3.8, 4) is 0 Å². The van der Waals surface area contributed by atoms with E-state index >= 15 is 0 Å². The summed E-state index contributed by atoms with van der Waals surface area (Å²) in [7, 11) is -0.734. The molecule has 0 amide bonds. The van der Waals surface area contributed by atoms with Crippen molar-refractivity contribution in [1.29, 1.82) is 0 Å². The summed E-state index contributed by atoms with van der Waals surface area (Å²) in [5.41, 5.74) is 0. The Kier molecular flexibility index (Phi) is 5.67. The number of rotatable bonds is 5. The van der Waals surface area contributed by atoms with Crippen molar-refractivity contribution >= 4 is 10.8 Å². The van der Waals surface area contributed by atoms with Gasteiger partial charge in [-0.05, 0) is 19.4 Å². The minimum absolute atomic E-state index is 0.195. The highest BCUT2D eigenvalue weighted by Gasteiger charge is 2.28. The topological polar surface area (TPSA) is 38.3 Å². The zero-order chi connectivity index (χ0) is 10.4. The highest BCUT2D eigenvalue weighted by Crippen LogP contribution is 2.13. The van der Waals surface area contributed by atoms with Crippen LogP contribution in [0.5, 0.6) is 0 Å². The van der Waals surface area contributed by atoms with Crippen molar-refractivity contribution in [3.05, 3.63) is 0 Å². The second-order valence-corrected chi connectivity index (χ2v) is 5.58. The molecule has 1 saturated heterocycles. The molecule has 0 aliphatic carbocycles. The van der Waals surface area contributed by atoms with E-state index in [1.807, 2.05) is 6.92 Å². The average Bonchev–Trinajstić information content (AvgIpc) is 2.25. The van der Waals surface area contributed by atoms with Crippen LogP contribution < -0.4 is 5.32 Å². The average molecular weight is 219 g/mol. The van der Waals surface area contributed by atoms with Crippen molar-refractivity contribution in [1.82, 2.24) is 5.32 Å². The molecule has 1 heterocycles. The molecule has 0 aromatic heterocycles. The van der Waals surface area contributed by atoms with Gasteiger partial charge in [0, 0.05) is 29.2 Å². The second-order valence-electron chi connectivity index (χ2n) is 3.63. The van der Waals surface area contributed by atoms with Crippen LogP contribution in [0.1, 0.15) is 26.7 Å². The Balaban J connectivity index is 2.45. The lowest BCUT2D eigenvalue weighted by atomic mass is 10.1. The molecule has 0 spiro atoms. The van der Waals surface area contributed by atoms with Crippen molar-refractivity contribution in [2.45, 2.75) is 38.0 Å². The third-order valence-electron chi connectivity index (χ3n) is 2.58. The van der Waals surface area contributed by atoms with Gasteiger partial charge in [0.25, 0.3) is 0 Å². The molecule has 1 N–H and O–H groups in total. The standard InChI is InChI=1S/C10H21NO2S/c1-3-6-11-9-5-7-13-8-10(9)14(12)4-2/h9-11H,3-8H2,1-2H3. The van der Waals surface area contributed by atoms with E-state index in [0.717, 1.165) is 31.7 Å². The lowest BCUT2D eigenvalue weighted by Crippen LogP contribution is -2.49. The first-order chi connectivity index (χ1) is 6.79. The Labute approximate surface area is 89.1 Å². The van der Waals surface area contributed by atoms with Crippen LogP contribution in [0.4, 0.5) is 0 Å². The lowest BCUT2D eigenvalue weighted by molar-refractivity contribution is 0.0821. The summed E-state index contributed by atoms with van der Waals surface area (Å²) in [6.45, 7) is 6.60. The lowest BCUT2D eigenvalue weighted by Gasteiger charge is -2.31. The Hall–Kier alpha value is 0.0700. The highest BCUT2D eigenvalue weighted by atomic mass is 32.2. The van der Waals surface area contributed by atoms with Crippen molar-refractivity contribution in [2.24, 2.45) is 0 Å². The van der Waals surface area contributed by atoms with Crippen molar-refractivity contribution < 1.29 is 8.95 Å². The monoisotopic (exact) mass is 219 g/mol. The summed E-state index contributed by atoms with van der Waals surface area (Å²) in [6, 6.07) is 0.393. The molecule has 84 valence electrons. The van der Waals surface area contributed by atoms with Crippen LogP contribution in [0.3, 0.4) is 0 Å². The summed E-state index contributed by atoms with van der Waals surface area (Å²) >= 11 is 0. The first-order valence-corrected chi connectivity index (χ1v) is 6.86. The molecule has 0 saturated carbocycles. The minimum Gasteiger partial charge on any atom is -0.380 e. The van der Waals surface area contributed by atoms with E-state index in [-0.39, 0.29) is 5.25 Å². The van der Waals surface area contributed by atoms with Gasteiger partial charge in [-0.2, -0.15) is 0 Å². The van der Waals surface area contributed by atoms with E-state index < -0.39 is 10.8 Å². The predicted molar refractivity (Wildman–Crippen MR) is 60.0 cm³/mol. The van der Waals surface area contributed by atoms with Crippen LogP contribution in [0.2, 0.25) is 0 Å². The molecule has 0 bridgehead atoms. The van der Waals surface area contributed by atoms with Crippen LogP contribution in [0, 0.1) is 0 Å². The van der Waals surface area contributed by atoms with Gasteiger partial charge in [-0.1, -0.05) is 13.8 Å².